The molecule has 2 N–H and O–H groups in total. The van der Waals surface area contributed by atoms with E-state index in [2.05, 4.69) is 35.0 Å². The van der Waals surface area contributed by atoms with Gasteiger partial charge >= 0.3 is 0 Å². The summed E-state index contributed by atoms with van der Waals surface area (Å²) >= 11 is 0. The van der Waals surface area contributed by atoms with Crippen LogP contribution in [0.2, 0.25) is 0 Å². The molecule has 0 bridgehead atoms. The van der Waals surface area contributed by atoms with Crippen molar-refractivity contribution in [3.8, 4) is 5.82 Å². The monoisotopic (exact) mass is 231 g/mol. The maximum absolute atomic E-state index is 5.66. The molecule has 0 fully saturated rings. The van der Waals surface area contributed by atoms with Gasteiger partial charge in [0, 0.05) is 17.5 Å². The summed E-state index contributed by atoms with van der Waals surface area (Å²) < 4.78 is 1.85. The lowest BCUT2D eigenvalue weighted by Gasteiger charge is -2.06. The van der Waals surface area contributed by atoms with Gasteiger partial charge in [-0.3, -0.25) is 0 Å². The van der Waals surface area contributed by atoms with E-state index in [1.165, 1.54) is 0 Å². The fourth-order valence-corrected chi connectivity index (χ4v) is 1.78. The van der Waals surface area contributed by atoms with Crippen LogP contribution in [0.1, 0.15) is 30.9 Å². The van der Waals surface area contributed by atoms with Crippen molar-refractivity contribution < 1.29 is 0 Å². The third kappa shape index (κ3) is 2.27. The summed E-state index contributed by atoms with van der Waals surface area (Å²) in [6, 6.07) is 4.00. The number of nitrogens with two attached hydrogens (primary N) is 1. The average molecular weight is 231 g/mol. The predicted molar refractivity (Wildman–Crippen MR) is 67.1 cm³/mol. The molecule has 0 aliphatic carbocycles. The molecule has 5 nitrogen and oxygen atoms in total. The molecule has 2 rings (SSSR count). The number of hydrogen-bond donors (Lipinski definition) is 1. The number of rotatable bonds is 3. The Balaban J connectivity index is 2.54. The van der Waals surface area contributed by atoms with Crippen molar-refractivity contribution in [2.75, 3.05) is 5.73 Å². The summed E-state index contributed by atoms with van der Waals surface area (Å²) in [7, 11) is 0. The molecule has 2 heterocycles. The zero-order valence-electron chi connectivity index (χ0n) is 10.4. The molecule has 0 aromatic carbocycles. The highest BCUT2D eigenvalue weighted by Gasteiger charge is 2.09. The van der Waals surface area contributed by atoms with E-state index in [1.807, 2.05) is 17.7 Å². The first-order valence-electron chi connectivity index (χ1n) is 5.83. The molecule has 0 saturated heterocycles. The maximum Gasteiger partial charge on any atom is 0.222 e. The summed E-state index contributed by atoms with van der Waals surface area (Å²) in [6.07, 6.45) is 1.83. The highest BCUT2D eigenvalue weighted by Crippen LogP contribution is 2.13. The zero-order valence-corrected chi connectivity index (χ0v) is 10.4. The molecule has 90 valence electrons. The van der Waals surface area contributed by atoms with Gasteiger partial charge in [-0.2, -0.15) is 10.1 Å². The maximum atomic E-state index is 5.66. The fourth-order valence-electron chi connectivity index (χ4n) is 1.78. The van der Waals surface area contributed by atoms with Crippen molar-refractivity contribution in [2.45, 2.75) is 33.6 Å². The van der Waals surface area contributed by atoms with Crippen LogP contribution in [0.25, 0.3) is 5.82 Å². The molecule has 0 aliphatic rings. The predicted octanol–water partition coefficient (Wildman–Crippen LogP) is 1.68. The van der Waals surface area contributed by atoms with Gasteiger partial charge in [0.1, 0.15) is 0 Å². The second-order valence-corrected chi connectivity index (χ2v) is 3.97. The molecule has 0 spiro atoms. The van der Waals surface area contributed by atoms with E-state index in [4.69, 9.17) is 5.73 Å². The molecular weight excluding hydrogens is 214 g/mol. The normalized spacial score (nSPS) is 10.8. The van der Waals surface area contributed by atoms with Gasteiger partial charge in [-0.15, -0.1) is 0 Å². The minimum absolute atomic E-state index is 0.288. The Bertz CT molecular complexity index is 509. The van der Waals surface area contributed by atoms with Crippen LogP contribution in [-0.2, 0) is 12.8 Å². The minimum atomic E-state index is 0.288. The van der Waals surface area contributed by atoms with Crippen molar-refractivity contribution in [3.63, 3.8) is 0 Å². The number of hydrogen-bond acceptors (Lipinski definition) is 4. The lowest BCUT2D eigenvalue weighted by atomic mass is 10.2. The number of nitrogen functional groups attached to an aromatic ring is 1. The van der Waals surface area contributed by atoms with Gasteiger partial charge in [0.15, 0.2) is 5.82 Å². The Morgan fingerprint density at radius 2 is 1.94 bits per heavy atom. The average Bonchev–Trinajstić information content (AvgIpc) is 2.70. The zero-order chi connectivity index (χ0) is 12.4. The molecule has 2 aromatic heterocycles. The van der Waals surface area contributed by atoms with E-state index in [1.54, 1.807) is 0 Å². The van der Waals surface area contributed by atoms with Crippen LogP contribution in [0.15, 0.2) is 12.1 Å². The van der Waals surface area contributed by atoms with Crippen LogP contribution in [0.5, 0.6) is 0 Å². The Kier molecular flexibility index (Phi) is 3.08. The first-order valence-corrected chi connectivity index (χ1v) is 5.83. The second-order valence-electron chi connectivity index (χ2n) is 3.97. The first-order chi connectivity index (χ1) is 8.13. The van der Waals surface area contributed by atoms with Crippen LogP contribution in [0.4, 0.5) is 5.95 Å². The summed E-state index contributed by atoms with van der Waals surface area (Å²) in [4.78, 5) is 8.30. The van der Waals surface area contributed by atoms with Crippen molar-refractivity contribution in [1.82, 2.24) is 19.7 Å². The van der Waals surface area contributed by atoms with Crippen LogP contribution in [-0.4, -0.2) is 19.7 Å². The van der Waals surface area contributed by atoms with E-state index in [0.717, 1.165) is 35.7 Å². The second kappa shape index (κ2) is 4.53. The molecule has 0 unspecified atom stereocenters. The fraction of sp³-hybridized carbons (Fsp3) is 0.417. The van der Waals surface area contributed by atoms with Gasteiger partial charge in [-0.05, 0) is 25.8 Å². The minimum Gasteiger partial charge on any atom is -0.368 e. The van der Waals surface area contributed by atoms with Crippen LogP contribution in [0, 0.1) is 6.92 Å². The van der Waals surface area contributed by atoms with Crippen molar-refractivity contribution in [2.24, 2.45) is 0 Å². The molecule has 0 amide bonds. The van der Waals surface area contributed by atoms with Crippen LogP contribution in [0.3, 0.4) is 0 Å². The molecular formula is C12H17N5. The third-order valence-electron chi connectivity index (χ3n) is 2.63. The Hall–Kier alpha value is -1.91. The summed E-state index contributed by atoms with van der Waals surface area (Å²) in [5.74, 6) is 1.03. The Morgan fingerprint density at radius 1 is 1.18 bits per heavy atom. The number of aryl methyl sites for hydroxylation is 3. The van der Waals surface area contributed by atoms with Gasteiger partial charge < -0.3 is 5.73 Å². The number of nitrogens with zero attached hydrogens (tertiary/aromatic N) is 4. The van der Waals surface area contributed by atoms with Crippen LogP contribution < -0.4 is 5.73 Å². The Morgan fingerprint density at radius 3 is 2.53 bits per heavy atom. The molecule has 0 saturated carbocycles. The van der Waals surface area contributed by atoms with E-state index in [-0.39, 0.29) is 5.95 Å². The summed E-state index contributed by atoms with van der Waals surface area (Å²) in [6.45, 7) is 6.09. The van der Waals surface area contributed by atoms with E-state index in [9.17, 15) is 0 Å². The van der Waals surface area contributed by atoms with Crippen molar-refractivity contribution in [3.05, 3.63) is 29.2 Å². The summed E-state index contributed by atoms with van der Waals surface area (Å²) in [5, 5.41) is 4.52. The van der Waals surface area contributed by atoms with E-state index >= 15 is 0 Å². The van der Waals surface area contributed by atoms with Crippen molar-refractivity contribution in [1.29, 1.82) is 0 Å². The largest absolute Gasteiger partial charge is 0.368 e. The van der Waals surface area contributed by atoms with Crippen molar-refractivity contribution >= 4 is 5.95 Å². The van der Waals surface area contributed by atoms with E-state index in [0.29, 0.717) is 0 Å². The van der Waals surface area contributed by atoms with Gasteiger partial charge in [0.25, 0.3) is 0 Å². The molecule has 0 radical (unpaired) electrons. The van der Waals surface area contributed by atoms with Gasteiger partial charge in [0.05, 0.1) is 5.69 Å². The molecule has 0 aliphatic heterocycles. The molecule has 17 heavy (non-hydrogen) atoms. The number of aromatic nitrogens is 4. The quantitative estimate of drug-likeness (QED) is 0.872. The topological polar surface area (TPSA) is 69.6 Å². The van der Waals surface area contributed by atoms with Crippen LogP contribution >= 0.6 is 0 Å². The molecule has 0 atom stereocenters. The lowest BCUT2D eigenvalue weighted by molar-refractivity contribution is 0.768. The Labute approximate surface area is 101 Å². The highest BCUT2D eigenvalue weighted by atomic mass is 15.3. The highest BCUT2D eigenvalue weighted by molar-refractivity contribution is 5.33. The SMILES string of the molecule is CCc1cc(CC)n(-c2cc(C)nc(N)n2)n1. The lowest BCUT2D eigenvalue weighted by Crippen LogP contribution is -2.07. The molecule has 2 aromatic rings. The van der Waals surface area contributed by atoms with Gasteiger partial charge in [-0.25, -0.2) is 9.67 Å². The van der Waals surface area contributed by atoms with Gasteiger partial charge in [0.2, 0.25) is 5.95 Å². The third-order valence-corrected chi connectivity index (χ3v) is 2.63. The standard InChI is InChI=1S/C12H17N5/c1-4-9-7-10(5-2)17(16-9)11-6-8(3)14-12(13)15-11/h6-7H,4-5H2,1-3H3,(H2,13,14,15). The van der Waals surface area contributed by atoms with E-state index < -0.39 is 0 Å². The number of anilines is 1. The smallest absolute Gasteiger partial charge is 0.222 e. The molecule has 5 heteroatoms. The summed E-state index contributed by atoms with van der Waals surface area (Å²) in [5.41, 5.74) is 8.72. The first kappa shape index (κ1) is 11.6. The van der Waals surface area contributed by atoms with Gasteiger partial charge in [-0.1, -0.05) is 13.8 Å².